The molecule has 2 aromatic rings. The van der Waals surface area contributed by atoms with E-state index in [4.69, 9.17) is 16.3 Å². The zero-order valence-electron chi connectivity index (χ0n) is 14.0. The lowest BCUT2D eigenvalue weighted by Gasteiger charge is -2.37. The normalized spacial score (nSPS) is 15.8. The molecule has 2 aromatic carbocycles. The Labute approximate surface area is 151 Å². The average Bonchev–Trinajstić information content (AvgIpc) is 2.63. The fourth-order valence-corrected chi connectivity index (χ4v) is 3.07. The number of amides is 1. The molecule has 0 radical (unpaired) electrons. The van der Waals surface area contributed by atoms with Crippen LogP contribution in [-0.4, -0.2) is 43.1 Å². The highest BCUT2D eigenvalue weighted by Gasteiger charge is 2.26. The van der Waals surface area contributed by atoms with E-state index in [1.54, 1.807) is 11.8 Å². The van der Waals surface area contributed by atoms with Crippen molar-refractivity contribution in [2.45, 2.75) is 13.0 Å². The van der Waals surface area contributed by atoms with Crippen molar-refractivity contribution >= 4 is 23.2 Å². The Morgan fingerprint density at radius 1 is 1.12 bits per heavy atom. The molecule has 0 saturated carbocycles. The zero-order chi connectivity index (χ0) is 17.8. The fourth-order valence-electron chi connectivity index (χ4n) is 2.88. The highest BCUT2D eigenvalue weighted by molar-refractivity contribution is 6.30. The smallest absolute Gasteiger partial charge is 0.263 e. The Balaban J connectivity index is 1.54. The third-order valence-electron chi connectivity index (χ3n) is 4.24. The number of rotatable bonds is 4. The minimum absolute atomic E-state index is 0.0601. The summed E-state index contributed by atoms with van der Waals surface area (Å²) in [5, 5.41) is 0.706. The van der Waals surface area contributed by atoms with Gasteiger partial charge in [-0.2, -0.15) is 0 Å². The summed E-state index contributed by atoms with van der Waals surface area (Å²) in [5.74, 6) is 0.0957. The van der Waals surface area contributed by atoms with Crippen LogP contribution >= 0.6 is 11.6 Å². The molecule has 25 heavy (non-hydrogen) atoms. The molecular formula is C19H20ClFN2O2. The van der Waals surface area contributed by atoms with Crippen LogP contribution in [-0.2, 0) is 4.79 Å². The predicted molar refractivity (Wildman–Crippen MR) is 96.7 cm³/mol. The molecule has 1 atom stereocenters. The molecule has 0 unspecified atom stereocenters. The van der Waals surface area contributed by atoms with Crippen LogP contribution in [0.4, 0.5) is 10.1 Å². The summed E-state index contributed by atoms with van der Waals surface area (Å²) in [7, 11) is 0. The number of hydrogen-bond donors (Lipinski definition) is 0. The number of benzene rings is 2. The lowest BCUT2D eigenvalue weighted by Crippen LogP contribution is -2.52. The molecule has 132 valence electrons. The Kier molecular flexibility index (Phi) is 5.43. The highest BCUT2D eigenvalue weighted by atomic mass is 35.5. The van der Waals surface area contributed by atoms with E-state index in [-0.39, 0.29) is 11.7 Å². The topological polar surface area (TPSA) is 32.8 Å². The van der Waals surface area contributed by atoms with Gasteiger partial charge >= 0.3 is 0 Å². The van der Waals surface area contributed by atoms with E-state index in [9.17, 15) is 9.18 Å². The van der Waals surface area contributed by atoms with Crippen LogP contribution in [0.5, 0.6) is 5.75 Å². The number of hydrogen-bond acceptors (Lipinski definition) is 3. The van der Waals surface area contributed by atoms with E-state index in [0.717, 1.165) is 18.8 Å². The van der Waals surface area contributed by atoms with Crippen LogP contribution in [0.15, 0.2) is 48.5 Å². The van der Waals surface area contributed by atoms with Gasteiger partial charge in [0.2, 0.25) is 0 Å². The van der Waals surface area contributed by atoms with Gasteiger partial charge in [0.15, 0.2) is 6.10 Å². The Bertz CT molecular complexity index is 730. The summed E-state index contributed by atoms with van der Waals surface area (Å²) in [6, 6.07) is 13.4. The zero-order valence-corrected chi connectivity index (χ0v) is 14.7. The highest BCUT2D eigenvalue weighted by Crippen LogP contribution is 2.21. The molecule has 0 aliphatic carbocycles. The maximum atomic E-state index is 12.9. The predicted octanol–water partition coefficient (Wildman–Crippen LogP) is 3.60. The molecule has 0 bridgehead atoms. The monoisotopic (exact) mass is 362 g/mol. The van der Waals surface area contributed by atoms with Gasteiger partial charge < -0.3 is 14.5 Å². The van der Waals surface area contributed by atoms with Crippen molar-refractivity contribution in [2.24, 2.45) is 0 Å². The van der Waals surface area contributed by atoms with Crippen LogP contribution in [0, 0.1) is 5.82 Å². The molecule has 6 heteroatoms. The van der Waals surface area contributed by atoms with Gasteiger partial charge in [-0.1, -0.05) is 17.7 Å². The van der Waals surface area contributed by atoms with Crippen LogP contribution in [0.2, 0.25) is 5.02 Å². The summed E-state index contributed by atoms with van der Waals surface area (Å²) in [6.45, 7) is 4.46. The van der Waals surface area contributed by atoms with E-state index in [0.29, 0.717) is 23.9 Å². The van der Waals surface area contributed by atoms with Gasteiger partial charge in [0, 0.05) is 36.9 Å². The molecule has 1 aliphatic rings. The van der Waals surface area contributed by atoms with E-state index >= 15 is 0 Å². The van der Waals surface area contributed by atoms with Crippen LogP contribution in [0.1, 0.15) is 6.92 Å². The summed E-state index contributed by atoms with van der Waals surface area (Å²) >= 11 is 6.04. The number of piperazine rings is 1. The maximum absolute atomic E-state index is 12.9. The second-order valence-corrected chi connectivity index (χ2v) is 6.44. The first-order valence-corrected chi connectivity index (χ1v) is 8.62. The lowest BCUT2D eigenvalue weighted by molar-refractivity contribution is -0.138. The number of ether oxygens (including phenoxy) is 1. The minimum Gasteiger partial charge on any atom is -0.481 e. The van der Waals surface area contributed by atoms with Crippen LogP contribution < -0.4 is 9.64 Å². The molecule has 1 aliphatic heterocycles. The first-order valence-electron chi connectivity index (χ1n) is 8.24. The van der Waals surface area contributed by atoms with Gasteiger partial charge in [-0.3, -0.25) is 4.79 Å². The van der Waals surface area contributed by atoms with E-state index in [2.05, 4.69) is 4.90 Å². The molecule has 1 heterocycles. The van der Waals surface area contributed by atoms with Crippen molar-refractivity contribution in [3.63, 3.8) is 0 Å². The molecule has 3 rings (SSSR count). The van der Waals surface area contributed by atoms with Crippen LogP contribution in [0.25, 0.3) is 0 Å². The second-order valence-electron chi connectivity index (χ2n) is 6.01. The molecule has 0 aromatic heterocycles. The molecular weight excluding hydrogens is 343 g/mol. The SMILES string of the molecule is C[C@H](Oc1ccc(F)cc1)C(=O)N1CCN(c2cccc(Cl)c2)CC1. The van der Waals surface area contributed by atoms with Crippen LogP contribution in [0.3, 0.4) is 0 Å². The Morgan fingerprint density at radius 2 is 1.80 bits per heavy atom. The van der Waals surface area contributed by atoms with Crippen molar-refractivity contribution in [1.82, 2.24) is 4.90 Å². The quantitative estimate of drug-likeness (QED) is 0.833. The molecule has 1 amide bonds. The first-order chi connectivity index (χ1) is 12.0. The number of nitrogens with zero attached hydrogens (tertiary/aromatic N) is 2. The molecule has 0 N–H and O–H groups in total. The standard InChI is InChI=1S/C19H20ClFN2O2/c1-14(25-18-7-5-16(21)6-8-18)19(24)23-11-9-22(10-12-23)17-4-2-3-15(20)13-17/h2-8,13-14H,9-12H2,1H3/t14-/m0/s1. The third-order valence-corrected chi connectivity index (χ3v) is 4.47. The van der Waals surface area contributed by atoms with Crippen molar-refractivity contribution in [3.8, 4) is 5.75 Å². The number of carbonyl (C=O) groups excluding carboxylic acids is 1. The summed E-state index contributed by atoms with van der Waals surface area (Å²) in [5.41, 5.74) is 1.07. The third kappa shape index (κ3) is 4.42. The molecule has 1 saturated heterocycles. The summed E-state index contributed by atoms with van der Waals surface area (Å²) < 4.78 is 18.6. The number of anilines is 1. The summed E-state index contributed by atoms with van der Waals surface area (Å²) in [4.78, 5) is 16.6. The van der Waals surface area contributed by atoms with Gasteiger partial charge in [0.1, 0.15) is 11.6 Å². The lowest BCUT2D eigenvalue weighted by atomic mass is 10.2. The Hall–Kier alpha value is -2.27. The molecule has 4 nitrogen and oxygen atoms in total. The molecule has 1 fully saturated rings. The fraction of sp³-hybridized carbons (Fsp3) is 0.316. The van der Waals surface area contributed by atoms with E-state index < -0.39 is 6.10 Å². The van der Waals surface area contributed by atoms with Crippen molar-refractivity contribution < 1.29 is 13.9 Å². The first kappa shape index (κ1) is 17.5. The van der Waals surface area contributed by atoms with Gasteiger partial charge in [0.05, 0.1) is 0 Å². The van der Waals surface area contributed by atoms with Gasteiger partial charge in [-0.05, 0) is 49.4 Å². The second kappa shape index (κ2) is 7.74. The van der Waals surface area contributed by atoms with E-state index in [1.807, 2.05) is 24.3 Å². The summed E-state index contributed by atoms with van der Waals surface area (Å²) in [6.07, 6.45) is -0.608. The van der Waals surface area contributed by atoms with Gasteiger partial charge in [0.25, 0.3) is 5.91 Å². The Morgan fingerprint density at radius 3 is 2.44 bits per heavy atom. The van der Waals surface area contributed by atoms with Crippen molar-refractivity contribution in [3.05, 3.63) is 59.4 Å². The van der Waals surface area contributed by atoms with Gasteiger partial charge in [-0.25, -0.2) is 4.39 Å². The minimum atomic E-state index is -0.608. The maximum Gasteiger partial charge on any atom is 0.263 e. The largest absolute Gasteiger partial charge is 0.481 e. The van der Waals surface area contributed by atoms with Crippen molar-refractivity contribution in [2.75, 3.05) is 31.1 Å². The average molecular weight is 363 g/mol. The number of carbonyl (C=O) groups is 1. The van der Waals surface area contributed by atoms with Crippen molar-refractivity contribution in [1.29, 1.82) is 0 Å². The number of halogens is 2. The van der Waals surface area contributed by atoms with Gasteiger partial charge in [-0.15, -0.1) is 0 Å². The van der Waals surface area contributed by atoms with E-state index in [1.165, 1.54) is 24.3 Å². The molecule has 0 spiro atoms.